The Balaban J connectivity index is 1.54. The van der Waals surface area contributed by atoms with Crippen LogP contribution in [0.2, 0.25) is 0 Å². The van der Waals surface area contributed by atoms with E-state index in [0.717, 1.165) is 24.2 Å². The van der Waals surface area contributed by atoms with E-state index in [-0.39, 0.29) is 30.6 Å². The Morgan fingerprint density at radius 2 is 1.75 bits per heavy atom. The van der Waals surface area contributed by atoms with Crippen molar-refractivity contribution in [3.63, 3.8) is 0 Å². The summed E-state index contributed by atoms with van der Waals surface area (Å²) >= 11 is 0. The molecule has 124 valence electrons. The molecule has 2 saturated heterocycles. The van der Waals surface area contributed by atoms with Gasteiger partial charge in [0.15, 0.2) is 0 Å². The minimum Gasteiger partial charge on any atom is -0.497 e. The molecule has 7 heteroatoms. The normalized spacial score (nSPS) is 25.6. The molecule has 1 aromatic rings. The van der Waals surface area contributed by atoms with Crippen LogP contribution in [-0.4, -0.2) is 58.9 Å². The molecule has 1 aromatic carbocycles. The van der Waals surface area contributed by atoms with Crippen LogP contribution in [0.5, 0.6) is 5.75 Å². The molecule has 3 aliphatic heterocycles. The lowest BCUT2D eigenvalue weighted by Gasteiger charge is -2.52. The molecule has 3 heterocycles. The van der Waals surface area contributed by atoms with Gasteiger partial charge in [0.05, 0.1) is 25.4 Å². The second-order valence-corrected chi connectivity index (χ2v) is 6.04. The number of carbonyl (C=O) groups is 2. The van der Waals surface area contributed by atoms with Crippen molar-refractivity contribution in [2.45, 2.75) is 24.9 Å². The number of hydrogen-bond acceptors (Lipinski definition) is 4. The largest absolute Gasteiger partial charge is 0.497 e. The summed E-state index contributed by atoms with van der Waals surface area (Å²) < 4.78 is 5.11. The van der Waals surface area contributed by atoms with Gasteiger partial charge >= 0.3 is 6.03 Å². The molecule has 5 rings (SSSR count). The summed E-state index contributed by atoms with van der Waals surface area (Å²) in [5.41, 5.74) is 0.832. The number of hydrogen-bond donors (Lipinski definition) is 0. The molecule has 1 aliphatic carbocycles. The van der Waals surface area contributed by atoms with Crippen LogP contribution >= 0.6 is 0 Å². The van der Waals surface area contributed by atoms with Gasteiger partial charge in [-0.25, -0.2) is 19.8 Å². The van der Waals surface area contributed by atoms with E-state index in [1.807, 2.05) is 36.4 Å². The van der Waals surface area contributed by atoms with Gasteiger partial charge in [-0.2, -0.15) is 5.10 Å². The van der Waals surface area contributed by atoms with Crippen LogP contribution in [0.1, 0.15) is 18.4 Å². The van der Waals surface area contributed by atoms with Crippen LogP contribution in [0.4, 0.5) is 4.79 Å². The standard InChI is InChI=1S/C17H18N4O3/c1-24-15-8-2-12(3-9-15)10-18-19-11-16(22)20-13-4-6-14(7-5-13)21(20)17(19)23/h2-4,6,8-10,13-14H,5,7,11H2,1H3/b18-10-. The molecule has 0 aromatic heterocycles. The smallest absolute Gasteiger partial charge is 0.360 e. The average Bonchev–Trinajstić information content (AvgIpc) is 2.64. The highest BCUT2D eigenvalue weighted by Crippen LogP contribution is 2.33. The van der Waals surface area contributed by atoms with E-state index in [4.69, 9.17) is 4.74 Å². The number of carbonyl (C=O) groups excluding carboxylic acids is 2. The molecule has 2 fully saturated rings. The molecule has 2 unspecified atom stereocenters. The molecule has 0 spiro atoms. The zero-order valence-corrected chi connectivity index (χ0v) is 13.3. The summed E-state index contributed by atoms with van der Waals surface area (Å²) in [6.45, 7) is -0.0287. The van der Waals surface area contributed by atoms with Crippen molar-refractivity contribution in [3.05, 3.63) is 42.0 Å². The average molecular weight is 326 g/mol. The third-order valence-electron chi connectivity index (χ3n) is 4.59. The molecule has 4 aliphatic rings. The summed E-state index contributed by atoms with van der Waals surface area (Å²) in [6.07, 6.45) is 7.40. The van der Waals surface area contributed by atoms with Gasteiger partial charge in [0.2, 0.25) is 0 Å². The zero-order chi connectivity index (χ0) is 16.7. The summed E-state index contributed by atoms with van der Waals surface area (Å²) in [5, 5.41) is 8.59. The van der Waals surface area contributed by atoms with Crippen LogP contribution in [0.15, 0.2) is 41.5 Å². The molecule has 0 radical (unpaired) electrons. The number of amides is 3. The van der Waals surface area contributed by atoms with Crippen LogP contribution in [0.25, 0.3) is 0 Å². The predicted octanol–water partition coefficient (Wildman–Crippen LogP) is 1.61. The SMILES string of the molecule is COc1ccc(/C=N\N2CC(=O)N3C4C=CC(CC4)N3C2=O)cc1. The van der Waals surface area contributed by atoms with E-state index in [1.54, 1.807) is 23.3 Å². The predicted molar refractivity (Wildman–Crippen MR) is 87.3 cm³/mol. The molecule has 2 atom stereocenters. The fourth-order valence-electron chi connectivity index (χ4n) is 3.36. The van der Waals surface area contributed by atoms with E-state index in [9.17, 15) is 9.59 Å². The first kappa shape index (κ1) is 14.7. The highest BCUT2D eigenvalue weighted by molar-refractivity contribution is 5.91. The second kappa shape index (κ2) is 5.67. The third-order valence-corrected chi connectivity index (χ3v) is 4.59. The minimum absolute atomic E-state index is 0.000771. The van der Waals surface area contributed by atoms with E-state index in [1.165, 1.54) is 5.01 Å². The zero-order valence-electron chi connectivity index (χ0n) is 13.3. The maximum Gasteiger partial charge on any atom is 0.360 e. The Kier molecular flexibility index (Phi) is 3.48. The summed E-state index contributed by atoms with van der Waals surface area (Å²) in [7, 11) is 1.60. The second-order valence-electron chi connectivity index (χ2n) is 6.04. The first-order valence-corrected chi connectivity index (χ1v) is 7.96. The number of methoxy groups -OCH3 is 1. The van der Waals surface area contributed by atoms with Gasteiger partial charge in [-0.05, 0) is 42.7 Å². The highest BCUT2D eigenvalue weighted by Gasteiger charge is 2.47. The number of ether oxygens (including phenoxy) is 1. The van der Waals surface area contributed by atoms with Gasteiger partial charge < -0.3 is 4.74 Å². The third kappa shape index (κ3) is 2.33. The Bertz CT molecular complexity index is 728. The first-order valence-electron chi connectivity index (χ1n) is 7.96. The molecule has 24 heavy (non-hydrogen) atoms. The Hall–Kier alpha value is -2.83. The molecular formula is C17H18N4O3. The number of rotatable bonds is 3. The van der Waals surface area contributed by atoms with E-state index in [2.05, 4.69) is 5.10 Å². The van der Waals surface area contributed by atoms with Crippen molar-refractivity contribution in [1.29, 1.82) is 0 Å². The lowest BCUT2D eigenvalue weighted by Crippen LogP contribution is -2.69. The van der Waals surface area contributed by atoms with Crippen molar-refractivity contribution in [2.75, 3.05) is 13.7 Å². The van der Waals surface area contributed by atoms with Gasteiger partial charge in [0, 0.05) is 0 Å². The van der Waals surface area contributed by atoms with Gasteiger partial charge in [-0.3, -0.25) is 4.79 Å². The Morgan fingerprint density at radius 1 is 1.08 bits per heavy atom. The Morgan fingerprint density at radius 3 is 2.38 bits per heavy atom. The van der Waals surface area contributed by atoms with Crippen LogP contribution in [0, 0.1) is 0 Å². The number of benzene rings is 1. The molecule has 2 bridgehead atoms. The van der Waals surface area contributed by atoms with Crippen molar-refractivity contribution in [2.24, 2.45) is 5.10 Å². The maximum atomic E-state index is 12.7. The molecule has 7 nitrogen and oxygen atoms in total. The Labute approximate surface area is 139 Å². The minimum atomic E-state index is -0.251. The lowest BCUT2D eigenvalue weighted by molar-refractivity contribution is -0.165. The van der Waals surface area contributed by atoms with Crippen molar-refractivity contribution in [1.82, 2.24) is 15.0 Å². The lowest BCUT2D eigenvalue weighted by atomic mass is 9.93. The molecule has 0 saturated carbocycles. The summed E-state index contributed by atoms with van der Waals surface area (Å²) in [4.78, 5) is 25.1. The first-order chi connectivity index (χ1) is 11.7. The molecule has 3 amide bonds. The van der Waals surface area contributed by atoms with Crippen LogP contribution in [0.3, 0.4) is 0 Å². The monoisotopic (exact) mass is 326 g/mol. The maximum absolute atomic E-state index is 12.7. The van der Waals surface area contributed by atoms with E-state index in [0.29, 0.717) is 0 Å². The summed E-state index contributed by atoms with van der Waals surface area (Å²) in [5.74, 6) is 0.656. The van der Waals surface area contributed by atoms with Crippen LogP contribution in [-0.2, 0) is 4.79 Å². The highest BCUT2D eigenvalue weighted by atomic mass is 16.5. The van der Waals surface area contributed by atoms with E-state index < -0.39 is 0 Å². The number of urea groups is 1. The van der Waals surface area contributed by atoms with Gasteiger partial charge in [-0.1, -0.05) is 12.2 Å². The van der Waals surface area contributed by atoms with Gasteiger partial charge in [-0.15, -0.1) is 0 Å². The fraction of sp³-hybridized carbons (Fsp3) is 0.353. The fourth-order valence-corrected chi connectivity index (χ4v) is 3.36. The van der Waals surface area contributed by atoms with Gasteiger partial charge in [0.1, 0.15) is 12.3 Å². The number of fused-ring (bicyclic) bond motifs is 1. The quantitative estimate of drug-likeness (QED) is 0.626. The number of hydrazone groups is 1. The summed E-state index contributed by atoms with van der Waals surface area (Å²) in [6, 6.07) is 7.02. The number of nitrogens with zero attached hydrogens (tertiary/aromatic N) is 4. The topological polar surface area (TPSA) is 65.5 Å². The van der Waals surface area contributed by atoms with Crippen LogP contribution < -0.4 is 4.74 Å². The van der Waals surface area contributed by atoms with E-state index >= 15 is 0 Å². The van der Waals surface area contributed by atoms with Crippen molar-refractivity contribution in [3.8, 4) is 5.75 Å². The number of hydrazine groups is 1. The van der Waals surface area contributed by atoms with Crippen molar-refractivity contribution < 1.29 is 14.3 Å². The van der Waals surface area contributed by atoms with Crippen molar-refractivity contribution >= 4 is 18.2 Å². The molecular weight excluding hydrogens is 308 g/mol. The molecule has 0 N–H and O–H groups in total. The van der Waals surface area contributed by atoms with Gasteiger partial charge in [0.25, 0.3) is 5.91 Å².